The molecule has 5 heteroatoms. The number of nitrogens with zero attached hydrogens (tertiary/aromatic N) is 1. The third-order valence-electron chi connectivity index (χ3n) is 2.44. The molecule has 4 nitrogen and oxygen atoms in total. The highest BCUT2D eigenvalue weighted by Gasteiger charge is 2.13. The number of halogens is 1. The lowest BCUT2D eigenvalue weighted by atomic mass is 10.2. The molecule has 0 heterocycles. The monoisotopic (exact) mass is 240 g/mol. The van der Waals surface area contributed by atoms with Gasteiger partial charge in [-0.25, -0.2) is 4.39 Å². The quantitative estimate of drug-likeness (QED) is 0.838. The van der Waals surface area contributed by atoms with Gasteiger partial charge in [-0.2, -0.15) is 0 Å². The molecule has 0 unspecified atom stereocenters. The molecule has 0 aliphatic heterocycles. The van der Waals surface area contributed by atoms with E-state index < -0.39 is 5.82 Å². The Kier molecular flexibility index (Phi) is 4.90. The number of carbonyl (C=O) groups excluding carboxylic acids is 1. The summed E-state index contributed by atoms with van der Waals surface area (Å²) in [6.07, 6.45) is 0. The van der Waals surface area contributed by atoms with E-state index in [9.17, 15) is 9.18 Å². The third kappa shape index (κ3) is 3.42. The molecular formula is C12H17FN2O2. The molecule has 0 aliphatic rings. The first kappa shape index (κ1) is 13.4. The minimum atomic E-state index is -0.470. The summed E-state index contributed by atoms with van der Waals surface area (Å²) in [4.78, 5) is 13.5. The van der Waals surface area contributed by atoms with Gasteiger partial charge in [-0.05, 0) is 25.2 Å². The maximum atomic E-state index is 13.2. The van der Waals surface area contributed by atoms with Gasteiger partial charge in [-0.3, -0.25) is 4.79 Å². The van der Waals surface area contributed by atoms with Gasteiger partial charge in [0.1, 0.15) is 0 Å². The molecule has 0 saturated carbocycles. The highest BCUT2D eigenvalue weighted by molar-refractivity contribution is 5.94. The van der Waals surface area contributed by atoms with Crippen molar-refractivity contribution >= 4 is 5.91 Å². The van der Waals surface area contributed by atoms with E-state index in [2.05, 4.69) is 5.32 Å². The third-order valence-corrected chi connectivity index (χ3v) is 2.44. The molecule has 0 radical (unpaired) electrons. The summed E-state index contributed by atoms with van der Waals surface area (Å²) in [6, 6.07) is 4.10. The van der Waals surface area contributed by atoms with E-state index in [0.29, 0.717) is 18.7 Å². The van der Waals surface area contributed by atoms with E-state index in [1.165, 1.54) is 25.3 Å². The Morgan fingerprint density at radius 2 is 2.24 bits per heavy atom. The Hall–Kier alpha value is -1.62. The van der Waals surface area contributed by atoms with Gasteiger partial charge < -0.3 is 15.0 Å². The van der Waals surface area contributed by atoms with Gasteiger partial charge >= 0.3 is 0 Å². The van der Waals surface area contributed by atoms with E-state index in [-0.39, 0.29) is 11.7 Å². The van der Waals surface area contributed by atoms with Gasteiger partial charge in [0.15, 0.2) is 11.6 Å². The van der Waals surface area contributed by atoms with Crippen LogP contribution in [0.4, 0.5) is 4.39 Å². The molecule has 17 heavy (non-hydrogen) atoms. The number of nitrogens with one attached hydrogen (secondary N) is 1. The van der Waals surface area contributed by atoms with Crippen molar-refractivity contribution in [3.05, 3.63) is 29.6 Å². The fourth-order valence-corrected chi connectivity index (χ4v) is 1.39. The summed E-state index contributed by atoms with van der Waals surface area (Å²) in [6.45, 7) is 1.30. The fourth-order valence-electron chi connectivity index (χ4n) is 1.39. The maximum absolute atomic E-state index is 13.2. The van der Waals surface area contributed by atoms with Crippen LogP contribution in [-0.4, -0.2) is 45.1 Å². The zero-order chi connectivity index (χ0) is 12.8. The molecule has 0 aromatic heterocycles. The van der Waals surface area contributed by atoms with Crippen LogP contribution < -0.4 is 10.1 Å². The largest absolute Gasteiger partial charge is 0.494 e. The van der Waals surface area contributed by atoms with Crippen molar-refractivity contribution in [3.8, 4) is 5.75 Å². The van der Waals surface area contributed by atoms with Crippen LogP contribution in [0.15, 0.2) is 18.2 Å². The molecule has 0 spiro atoms. The number of hydrogen-bond acceptors (Lipinski definition) is 3. The zero-order valence-corrected chi connectivity index (χ0v) is 10.3. The van der Waals surface area contributed by atoms with E-state index in [1.807, 2.05) is 7.05 Å². The van der Waals surface area contributed by atoms with Crippen molar-refractivity contribution in [2.24, 2.45) is 0 Å². The predicted molar refractivity (Wildman–Crippen MR) is 63.8 cm³/mol. The van der Waals surface area contributed by atoms with Crippen molar-refractivity contribution in [1.29, 1.82) is 0 Å². The lowest BCUT2D eigenvalue weighted by Gasteiger charge is -2.17. The zero-order valence-electron chi connectivity index (χ0n) is 10.3. The molecule has 0 fully saturated rings. The number of amides is 1. The molecule has 94 valence electrons. The van der Waals surface area contributed by atoms with E-state index >= 15 is 0 Å². The second kappa shape index (κ2) is 6.20. The van der Waals surface area contributed by atoms with Gasteiger partial charge in [0.25, 0.3) is 5.91 Å². The Labute approximate surface area is 100 Å². The molecule has 1 aromatic rings. The van der Waals surface area contributed by atoms with Gasteiger partial charge in [-0.15, -0.1) is 0 Å². The average molecular weight is 240 g/mol. The van der Waals surface area contributed by atoms with Gasteiger partial charge in [0, 0.05) is 25.7 Å². The number of carbonyl (C=O) groups is 1. The summed E-state index contributed by atoms with van der Waals surface area (Å²) in [5.41, 5.74) is 0.418. The topological polar surface area (TPSA) is 41.6 Å². The Morgan fingerprint density at radius 1 is 1.53 bits per heavy atom. The second-order valence-corrected chi connectivity index (χ2v) is 3.68. The summed E-state index contributed by atoms with van der Waals surface area (Å²) in [5.74, 6) is -0.543. The van der Waals surface area contributed by atoms with Crippen LogP contribution in [0.3, 0.4) is 0 Å². The predicted octanol–water partition coefficient (Wildman–Crippen LogP) is 1.13. The number of hydrogen-bond donors (Lipinski definition) is 1. The minimum Gasteiger partial charge on any atom is -0.494 e. The van der Waals surface area contributed by atoms with E-state index in [4.69, 9.17) is 4.74 Å². The van der Waals surface area contributed by atoms with Crippen LogP contribution in [0.1, 0.15) is 10.4 Å². The number of methoxy groups -OCH3 is 1. The molecule has 1 N–H and O–H groups in total. The van der Waals surface area contributed by atoms with Gasteiger partial charge in [0.05, 0.1) is 7.11 Å². The summed E-state index contributed by atoms with van der Waals surface area (Å²) in [7, 11) is 4.89. The van der Waals surface area contributed by atoms with Crippen molar-refractivity contribution < 1.29 is 13.9 Å². The Balaban J connectivity index is 2.81. The SMILES string of the molecule is CNCCN(C)C(=O)c1ccc(F)c(OC)c1. The molecule has 0 bridgehead atoms. The normalized spacial score (nSPS) is 10.1. The highest BCUT2D eigenvalue weighted by Crippen LogP contribution is 2.18. The van der Waals surface area contributed by atoms with Crippen LogP contribution in [0.2, 0.25) is 0 Å². The van der Waals surface area contributed by atoms with Crippen LogP contribution in [0.25, 0.3) is 0 Å². The lowest BCUT2D eigenvalue weighted by molar-refractivity contribution is 0.0796. The Bertz CT molecular complexity index is 396. The number of ether oxygens (including phenoxy) is 1. The first-order valence-electron chi connectivity index (χ1n) is 5.33. The van der Waals surface area contributed by atoms with Gasteiger partial charge in [-0.1, -0.05) is 0 Å². The molecular weight excluding hydrogens is 223 g/mol. The minimum absolute atomic E-state index is 0.0814. The first-order valence-corrected chi connectivity index (χ1v) is 5.33. The number of benzene rings is 1. The van der Waals surface area contributed by atoms with Crippen LogP contribution in [-0.2, 0) is 0 Å². The molecule has 0 aliphatic carbocycles. The molecule has 1 rings (SSSR count). The molecule has 0 atom stereocenters. The summed E-state index contributed by atoms with van der Waals surface area (Å²) < 4.78 is 18.0. The van der Waals surface area contributed by atoms with Crippen LogP contribution in [0, 0.1) is 5.82 Å². The fraction of sp³-hybridized carbons (Fsp3) is 0.417. The van der Waals surface area contributed by atoms with Crippen molar-refractivity contribution in [3.63, 3.8) is 0 Å². The average Bonchev–Trinajstić information content (AvgIpc) is 2.35. The van der Waals surface area contributed by atoms with Crippen molar-refractivity contribution in [2.45, 2.75) is 0 Å². The molecule has 1 amide bonds. The van der Waals surface area contributed by atoms with Crippen molar-refractivity contribution in [1.82, 2.24) is 10.2 Å². The summed E-state index contributed by atoms with van der Waals surface area (Å²) in [5, 5.41) is 2.96. The highest BCUT2D eigenvalue weighted by atomic mass is 19.1. The van der Waals surface area contributed by atoms with Crippen LogP contribution in [0.5, 0.6) is 5.75 Å². The van der Waals surface area contributed by atoms with Crippen LogP contribution >= 0.6 is 0 Å². The van der Waals surface area contributed by atoms with Crippen molar-refractivity contribution in [2.75, 3.05) is 34.3 Å². The summed E-state index contributed by atoms with van der Waals surface area (Å²) >= 11 is 0. The molecule has 1 aromatic carbocycles. The lowest BCUT2D eigenvalue weighted by Crippen LogP contribution is -2.32. The standard InChI is InChI=1S/C12H17FN2O2/c1-14-6-7-15(2)12(16)9-4-5-10(13)11(8-9)17-3/h4-5,8,14H,6-7H2,1-3H3. The Morgan fingerprint density at radius 3 is 2.82 bits per heavy atom. The first-order chi connectivity index (χ1) is 8.10. The second-order valence-electron chi connectivity index (χ2n) is 3.68. The van der Waals surface area contributed by atoms with Gasteiger partial charge in [0.2, 0.25) is 0 Å². The van der Waals surface area contributed by atoms with E-state index in [1.54, 1.807) is 11.9 Å². The van der Waals surface area contributed by atoms with E-state index in [0.717, 1.165) is 0 Å². The number of likely N-dealkylation sites (N-methyl/N-ethyl adjacent to an activating group) is 2. The number of rotatable bonds is 5. The molecule has 0 saturated heterocycles. The smallest absolute Gasteiger partial charge is 0.253 e. The maximum Gasteiger partial charge on any atom is 0.253 e.